The number of nitrogens with zero attached hydrogens (tertiary/aromatic N) is 2. The molecular weight excluding hydrogens is 322 g/mol. The van der Waals surface area contributed by atoms with E-state index < -0.39 is 12.0 Å². The van der Waals surface area contributed by atoms with Crippen LogP contribution in [-0.2, 0) is 4.79 Å². The van der Waals surface area contributed by atoms with Gasteiger partial charge in [-0.1, -0.05) is 18.2 Å². The second-order valence-corrected chi connectivity index (χ2v) is 6.04. The molecule has 2 aromatic carbocycles. The van der Waals surface area contributed by atoms with Crippen molar-refractivity contribution < 1.29 is 19.5 Å². The molecule has 0 bridgehead atoms. The van der Waals surface area contributed by atoms with Crippen LogP contribution >= 0.6 is 0 Å². The van der Waals surface area contributed by atoms with Crippen molar-refractivity contribution in [3.05, 3.63) is 41.5 Å². The minimum Gasteiger partial charge on any atom is -0.480 e. The van der Waals surface area contributed by atoms with Crippen LogP contribution in [0.1, 0.15) is 20.7 Å². The van der Waals surface area contributed by atoms with Crippen molar-refractivity contribution >= 4 is 34.6 Å². The van der Waals surface area contributed by atoms with E-state index in [-0.39, 0.29) is 12.5 Å². The van der Waals surface area contributed by atoms with Crippen LogP contribution < -0.4 is 10.6 Å². The Morgan fingerprint density at radius 1 is 1.20 bits per heavy atom. The Bertz CT molecular complexity index is 832. The zero-order valence-corrected chi connectivity index (χ0v) is 14.4. The van der Waals surface area contributed by atoms with Crippen molar-refractivity contribution in [2.75, 3.05) is 32.6 Å². The third kappa shape index (κ3) is 3.61. The number of rotatable bonds is 6. The molecule has 0 aromatic heterocycles. The van der Waals surface area contributed by atoms with E-state index in [1.54, 1.807) is 24.3 Å². The fraction of sp³-hybridized carbons (Fsp3) is 0.278. The highest BCUT2D eigenvalue weighted by Crippen LogP contribution is 2.31. The Kier molecular flexibility index (Phi) is 5.38. The van der Waals surface area contributed by atoms with E-state index in [1.165, 1.54) is 11.9 Å². The van der Waals surface area contributed by atoms with Crippen LogP contribution in [0.2, 0.25) is 0 Å². The Morgan fingerprint density at radius 3 is 2.44 bits per heavy atom. The summed E-state index contributed by atoms with van der Waals surface area (Å²) in [6, 6.07) is 7.53. The minimum absolute atomic E-state index is 0.131. The molecule has 0 heterocycles. The number of fused-ring (bicyclic) bond motifs is 1. The lowest BCUT2D eigenvalue weighted by Crippen LogP contribution is -2.43. The number of carbonyl (C=O) groups excluding carboxylic acids is 2. The highest BCUT2D eigenvalue weighted by atomic mass is 16.4. The van der Waals surface area contributed by atoms with Gasteiger partial charge in [-0.25, -0.2) is 0 Å². The van der Waals surface area contributed by atoms with Gasteiger partial charge in [0.05, 0.1) is 0 Å². The molecule has 0 unspecified atom stereocenters. The number of carboxylic acid groups (broad SMARTS) is 1. The van der Waals surface area contributed by atoms with E-state index >= 15 is 0 Å². The quantitative estimate of drug-likeness (QED) is 0.764. The van der Waals surface area contributed by atoms with Gasteiger partial charge in [0.1, 0.15) is 6.04 Å². The van der Waals surface area contributed by atoms with Crippen molar-refractivity contribution in [3.63, 3.8) is 0 Å². The molecule has 0 saturated heterocycles. The number of carboxylic acids is 1. The molecule has 0 saturated carbocycles. The number of aldehydes is 1. The molecule has 0 spiro atoms. The van der Waals surface area contributed by atoms with E-state index in [0.717, 1.165) is 11.1 Å². The summed E-state index contributed by atoms with van der Waals surface area (Å²) in [5.74, 6) is -1.57. The summed E-state index contributed by atoms with van der Waals surface area (Å²) >= 11 is 0. The maximum absolute atomic E-state index is 12.8. The molecule has 3 N–H and O–H groups in total. The van der Waals surface area contributed by atoms with Crippen molar-refractivity contribution in [3.8, 4) is 0 Å². The molecule has 0 aliphatic carbocycles. The topological polar surface area (TPSA) is 104 Å². The number of nitrogens with two attached hydrogens (primary N) is 1. The third-order valence-corrected chi connectivity index (χ3v) is 4.02. The lowest BCUT2D eigenvalue weighted by Gasteiger charge is -2.22. The third-order valence-electron chi connectivity index (χ3n) is 4.02. The van der Waals surface area contributed by atoms with Gasteiger partial charge in [-0.3, -0.25) is 14.4 Å². The fourth-order valence-electron chi connectivity index (χ4n) is 2.75. The Balaban J connectivity index is 2.58. The fourth-order valence-corrected chi connectivity index (χ4v) is 2.75. The molecule has 0 aliphatic heterocycles. The molecule has 7 heteroatoms. The maximum Gasteiger partial charge on any atom is 0.322 e. The van der Waals surface area contributed by atoms with Crippen LogP contribution in [-0.4, -0.2) is 61.9 Å². The highest BCUT2D eigenvalue weighted by molar-refractivity contribution is 6.15. The lowest BCUT2D eigenvalue weighted by molar-refractivity contribution is -0.138. The number of aliphatic carboxylic acids is 1. The number of amides is 1. The minimum atomic E-state index is -1.18. The van der Waals surface area contributed by atoms with Crippen LogP contribution in [0.3, 0.4) is 0 Å². The van der Waals surface area contributed by atoms with Gasteiger partial charge in [0.15, 0.2) is 6.29 Å². The molecule has 25 heavy (non-hydrogen) atoms. The smallest absolute Gasteiger partial charge is 0.322 e. The SMILES string of the molecule is CN(C[C@H](N)C(=O)O)C(=O)c1ccc(N(C)C)c2cccc(C=O)c12. The molecule has 7 nitrogen and oxygen atoms in total. The molecule has 0 aliphatic rings. The van der Waals surface area contributed by atoms with Crippen LogP contribution in [0.4, 0.5) is 5.69 Å². The largest absolute Gasteiger partial charge is 0.480 e. The number of hydrogen-bond donors (Lipinski definition) is 2. The van der Waals surface area contributed by atoms with E-state index in [9.17, 15) is 14.4 Å². The van der Waals surface area contributed by atoms with Gasteiger partial charge in [0, 0.05) is 55.3 Å². The Labute approximate surface area is 145 Å². The first-order valence-corrected chi connectivity index (χ1v) is 7.70. The number of benzene rings is 2. The molecule has 1 atom stereocenters. The molecule has 0 fully saturated rings. The molecule has 2 aromatic rings. The van der Waals surface area contributed by atoms with Gasteiger partial charge < -0.3 is 20.6 Å². The number of hydrogen-bond acceptors (Lipinski definition) is 5. The average molecular weight is 343 g/mol. The predicted molar refractivity (Wildman–Crippen MR) is 96.2 cm³/mol. The first-order valence-electron chi connectivity index (χ1n) is 7.70. The van der Waals surface area contributed by atoms with Crippen molar-refractivity contribution in [2.24, 2.45) is 5.73 Å². The van der Waals surface area contributed by atoms with Gasteiger partial charge in [0.25, 0.3) is 5.91 Å². The lowest BCUT2D eigenvalue weighted by atomic mass is 9.97. The van der Waals surface area contributed by atoms with Crippen LogP contribution in [0.25, 0.3) is 10.8 Å². The monoisotopic (exact) mass is 343 g/mol. The van der Waals surface area contributed by atoms with Crippen molar-refractivity contribution in [1.82, 2.24) is 4.90 Å². The Hall–Kier alpha value is -2.93. The van der Waals surface area contributed by atoms with Crippen LogP contribution in [0, 0.1) is 0 Å². The zero-order chi connectivity index (χ0) is 18.7. The Morgan fingerprint density at radius 2 is 1.88 bits per heavy atom. The summed E-state index contributed by atoms with van der Waals surface area (Å²) in [7, 11) is 5.24. The van der Waals surface area contributed by atoms with Gasteiger partial charge in [-0.2, -0.15) is 0 Å². The van der Waals surface area contributed by atoms with E-state index in [1.807, 2.05) is 25.1 Å². The second-order valence-electron chi connectivity index (χ2n) is 6.04. The van der Waals surface area contributed by atoms with Gasteiger partial charge >= 0.3 is 5.97 Å². The molecule has 1 amide bonds. The van der Waals surface area contributed by atoms with Gasteiger partial charge in [-0.15, -0.1) is 0 Å². The molecule has 132 valence electrons. The molecular formula is C18H21N3O4. The summed E-state index contributed by atoms with van der Waals surface area (Å²) in [6.45, 7) is -0.131. The second kappa shape index (κ2) is 7.31. The maximum atomic E-state index is 12.8. The summed E-state index contributed by atoms with van der Waals surface area (Å²) in [5.41, 5.74) is 7.12. The molecule has 0 radical (unpaired) electrons. The zero-order valence-electron chi connectivity index (χ0n) is 14.4. The predicted octanol–water partition coefficient (Wildman–Crippen LogP) is 1.20. The number of anilines is 1. The summed E-state index contributed by atoms with van der Waals surface area (Å²) < 4.78 is 0. The van der Waals surface area contributed by atoms with Crippen LogP contribution in [0.5, 0.6) is 0 Å². The van der Waals surface area contributed by atoms with E-state index in [0.29, 0.717) is 22.8 Å². The van der Waals surface area contributed by atoms with Crippen molar-refractivity contribution in [2.45, 2.75) is 6.04 Å². The van der Waals surface area contributed by atoms with E-state index in [4.69, 9.17) is 10.8 Å². The number of likely N-dealkylation sites (N-methyl/N-ethyl adjacent to an activating group) is 1. The highest BCUT2D eigenvalue weighted by Gasteiger charge is 2.22. The normalized spacial score (nSPS) is 11.8. The number of carbonyl (C=O) groups is 3. The first-order chi connectivity index (χ1) is 11.8. The van der Waals surface area contributed by atoms with Gasteiger partial charge in [0.2, 0.25) is 0 Å². The first kappa shape index (κ1) is 18.4. The summed E-state index contributed by atoms with van der Waals surface area (Å²) in [4.78, 5) is 38.4. The van der Waals surface area contributed by atoms with Crippen LogP contribution in [0.15, 0.2) is 30.3 Å². The summed E-state index contributed by atoms with van der Waals surface area (Å²) in [6.07, 6.45) is 0.710. The summed E-state index contributed by atoms with van der Waals surface area (Å²) in [5, 5.41) is 10.2. The average Bonchev–Trinajstić information content (AvgIpc) is 2.58. The van der Waals surface area contributed by atoms with Crippen molar-refractivity contribution in [1.29, 1.82) is 0 Å². The van der Waals surface area contributed by atoms with E-state index in [2.05, 4.69) is 0 Å². The van der Waals surface area contributed by atoms with Gasteiger partial charge in [-0.05, 0) is 12.1 Å². The molecule has 2 rings (SSSR count). The standard InChI is InChI=1S/C18H21N3O4/c1-20(2)15-8-7-13(16-11(10-22)5-4-6-12(15)16)17(23)21(3)9-14(19)18(24)25/h4-8,10,14H,9,19H2,1-3H3,(H,24,25)/t14-/m0/s1.